The van der Waals surface area contributed by atoms with Crippen LogP contribution in [0.5, 0.6) is 17.2 Å². The van der Waals surface area contributed by atoms with Crippen LogP contribution >= 0.6 is 15.9 Å². The number of imidazole rings is 1. The first kappa shape index (κ1) is 25.6. The van der Waals surface area contributed by atoms with E-state index in [1.165, 1.54) is 15.2 Å². The van der Waals surface area contributed by atoms with Gasteiger partial charge in [0, 0.05) is 30.7 Å². The van der Waals surface area contributed by atoms with Gasteiger partial charge in [0.15, 0.2) is 5.75 Å². The van der Waals surface area contributed by atoms with E-state index in [1.807, 2.05) is 36.4 Å². The lowest BCUT2D eigenvalue weighted by molar-refractivity contribution is 0.304. The van der Waals surface area contributed by atoms with Crippen molar-refractivity contribution >= 4 is 42.7 Å². The topological polar surface area (TPSA) is 91.6 Å². The Kier molecular flexibility index (Phi) is 7.00. The fourth-order valence-electron chi connectivity index (χ4n) is 4.05. The van der Waals surface area contributed by atoms with Crippen LogP contribution in [0.3, 0.4) is 0 Å². The Balaban J connectivity index is 1.52. The summed E-state index contributed by atoms with van der Waals surface area (Å²) in [6.45, 7) is 0.388. The minimum atomic E-state index is -3.99. The molecular formula is C28H24BrN3O5S. The first-order valence-corrected chi connectivity index (χ1v) is 13.9. The van der Waals surface area contributed by atoms with Crippen LogP contribution in [0.2, 0.25) is 0 Å². The summed E-state index contributed by atoms with van der Waals surface area (Å²) in [5, 5.41) is 0. The molecule has 0 spiro atoms. The quantitative estimate of drug-likeness (QED) is 0.245. The van der Waals surface area contributed by atoms with E-state index in [9.17, 15) is 13.2 Å². The predicted molar refractivity (Wildman–Crippen MR) is 150 cm³/mol. The summed E-state index contributed by atoms with van der Waals surface area (Å²) >= 11 is 3.31. The molecule has 5 aromatic rings. The highest BCUT2D eigenvalue weighted by Gasteiger charge is 2.22. The molecule has 5 rings (SSSR count). The Hall–Kier alpha value is -4.02. The summed E-state index contributed by atoms with van der Waals surface area (Å²) < 4.78 is 44.7. The molecule has 0 atom stereocenters. The molecule has 0 bridgehead atoms. The molecular weight excluding hydrogens is 570 g/mol. The highest BCUT2D eigenvalue weighted by Crippen LogP contribution is 2.36. The number of fused-ring (bicyclic) bond motifs is 1. The summed E-state index contributed by atoms with van der Waals surface area (Å²) in [5.41, 5.74) is 2.11. The molecule has 0 unspecified atom stereocenters. The number of rotatable bonds is 8. The van der Waals surface area contributed by atoms with Crippen molar-refractivity contribution in [3.8, 4) is 17.2 Å². The van der Waals surface area contributed by atoms with Crippen molar-refractivity contribution in [2.24, 2.45) is 14.1 Å². The van der Waals surface area contributed by atoms with Crippen molar-refractivity contribution in [1.82, 2.24) is 9.13 Å². The number of halogens is 1. The van der Waals surface area contributed by atoms with Crippen molar-refractivity contribution in [3.05, 3.63) is 112 Å². The Bertz CT molecular complexity index is 1800. The van der Waals surface area contributed by atoms with Crippen molar-refractivity contribution < 1.29 is 17.9 Å². The first-order valence-electron chi connectivity index (χ1n) is 11.6. The second kappa shape index (κ2) is 10.4. The average Bonchev–Trinajstić information content (AvgIpc) is 3.11. The number of sulfonamides is 1. The number of aryl methyl sites for hydroxylation is 2. The Labute approximate surface area is 228 Å². The third-order valence-electron chi connectivity index (χ3n) is 6.03. The van der Waals surface area contributed by atoms with E-state index in [1.54, 1.807) is 62.6 Å². The van der Waals surface area contributed by atoms with E-state index in [4.69, 9.17) is 9.47 Å². The van der Waals surface area contributed by atoms with E-state index < -0.39 is 10.0 Å². The molecule has 194 valence electrons. The number of benzene rings is 4. The van der Waals surface area contributed by atoms with E-state index in [-0.39, 0.29) is 22.0 Å². The van der Waals surface area contributed by atoms with Gasteiger partial charge in [-0.05, 0) is 51.8 Å². The number of nitrogens with zero attached hydrogens (tertiary/aromatic N) is 2. The second-order valence-electron chi connectivity index (χ2n) is 8.62. The van der Waals surface area contributed by atoms with Gasteiger partial charge in [0.05, 0.1) is 16.7 Å². The lowest BCUT2D eigenvalue weighted by Gasteiger charge is -2.16. The van der Waals surface area contributed by atoms with Gasteiger partial charge in [0.25, 0.3) is 10.0 Å². The summed E-state index contributed by atoms with van der Waals surface area (Å²) in [7, 11) is -0.707. The lowest BCUT2D eigenvalue weighted by atomic mass is 10.2. The van der Waals surface area contributed by atoms with Gasteiger partial charge in [-0.3, -0.25) is 13.9 Å². The minimum Gasteiger partial charge on any atom is -0.489 e. The van der Waals surface area contributed by atoms with Gasteiger partial charge in [-0.2, -0.15) is 0 Å². The molecule has 0 aliphatic heterocycles. The molecule has 8 nitrogen and oxygen atoms in total. The van der Waals surface area contributed by atoms with E-state index in [0.717, 1.165) is 5.56 Å². The van der Waals surface area contributed by atoms with Crippen LogP contribution in [0.15, 0.2) is 105 Å². The molecule has 10 heteroatoms. The van der Waals surface area contributed by atoms with Crippen molar-refractivity contribution in [2.45, 2.75) is 11.5 Å². The first-order chi connectivity index (χ1) is 18.2. The average molecular weight is 594 g/mol. The third kappa shape index (κ3) is 5.18. The molecule has 1 aromatic heterocycles. The van der Waals surface area contributed by atoms with E-state index in [0.29, 0.717) is 33.6 Å². The van der Waals surface area contributed by atoms with Gasteiger partial charge in [0.1, 0.15) is 23.0 Å². The molecule has 0 saturated heterocycles. The molecule has 0 aliphatic carbocycles. The maximum Gasteiger partial charge on any atom is 0.328 e. The number of hydrogen-bond donors (Lipinski definition) is 1. The fourth-order valence-corrected chi connectivity index (χ4v) is 6.11. The van der Waals surface area contributed by atoms with Crippen LogP contribution in [0.4, 0.5) is 5.69 Å². The zero-order valence-corrected chi connectivity index (χ0v) is 23.0. The van der Waals surface area contributed by atoms with Crippen LogP contribution in [0, 0.1) is 0 Å². The monoisotopic (exact) mass is 593 g/mol. The highest BCUT2D eigenvalue weighted by molar-refractivity contribution is 9.10. The number of anilines is 1. The molecule has 0 saturated carbocycles. The molecule has 1 heterocycles. The maximum atomic E-state index is 13.3. The van der Waals surface area contributed by atoms with Crippen molar-refractivity contribution in [1.29, 1.82) is 0 Å². The summed E-state index contributed by atoms with van der Waals surface area (Å²) in [4.78, 5) is 12.7. The number of ether oxygens (including phenoxy) is 2. The SMILES string of the molecule is Cn1c(=O)n(C)c2cc(Oc3cccc(OCc4ccccc4)c3)c(NS(=O)(=O)c3ccccc3Br)cc21. The van der Waals surface area contributed by atoms with E-state index in [2.05, 4.69) is 20.7 Å². The zero-order chi connectivity index (χ0) is 26.9. The third-order valence-corrected chi connectivity index (χ3v) is 8.40. The van der Waals surface area contributed by atoms with Crippen LogP contribution in [0.25, 0.3) is 11.0 Å². The van der Waals surface area contributed by atoms with Gasteiger partial charge >= 0.3 is 5.69 Å². The molecule has 38 heavy (non-hydrogen) atoms. The number of aromatic nitrogens is 2. The number of hydrogen-bond acceptors (Lipinski definition) is 5. The molecule has 0 radical (unpaired) electrons. The van der Waals surface area contributed by atoms with Gasteiger partial charge in [-0.1, -0.05) is 48.5 Å². The van der Waals surface area contributed by atoms with Crippen LogP contribution in [-0.2, 0) is 30.7 Å². The summed E-state index contributed by atoms with van der Waals surface area (Å²) in [6, 6.07) is 26.6. The molecule has 0 amide bonds. The van der Waals surface area contributed by atoms with Crippen molar-refractivity contribution in [3.63, 3.8) is 0 Å². The molecule has 1 N–H and O–H groups in total. The second-order valence-corrected chi connectivity index (χ2v) is 11.1. The van der Waals surface area contributed by atoms with Gasteiger partial charge in [-0.25, -0.2) is 13.2 Å². The van der Waals surface area contributed by atoms with Crippen LogP contribution in [-0.4, -0.2) is 17.6 Å². The lowest BCUT2D eigenvalue weighted by Crippen LogP contribution is -2.19. The maximum absolute atomic E-state index is 13.3. The van der Waals surface area contributed by atoms with E-state index >= 15 is 0 Å². The Morgan fingerprint density at radius 1 is 0.816 bits per heavy atom. The van der Waals surface area contributed by atoms with Gasteiger partial charge < -0.3 is 9.47 Å². The normalized spacial score (nSPS) is 11.4. The predicted octanol–water partition coefficient (Wildman–Crippen LogP) is 5.81. The largest absolute Gasteiger partial charge is 0.489 e. The zero-order valence-electron chi connectivity index (χ0n) is 20.6. The highest BCUT2D eigenvalue weighted by atomic mass is 79.9. The number of nitrogens with one attached hydrogen (secondary N) is 1. The molecule has 0 aliphatic rings. The summed E-state index contributed by atoms with van der Waals surface area (Å²) in [5.74, 6) is 1.27. The Morgan fingerprint density at radius 2 is 1.47 bits per heavy atom. The van der Waals surface area contributed by atoms with Crippen LogP contribution in [0.1, 0.15) is 5.56 Å². The molecule has 0 fully saturated rings. The Morgan fingerprint density at radius 3 is 2.21 bits per heavy atom. The summed E-state index contributed by atoms with van der Waals surface area (Å²) in [6.07, 6.45) is 0. The smallest absolute Gasteiger partial charge is 0.328 e. The van der Waals surface area contributed by atoms with Gasteiger partial charge in [-0.15, -0.1) is 0 Å². The standard InChI is InChI=1S/C28H24BrN3O5S/c1-31-24-16-23(30-38(34,35)27-14-7-6-13-22(27)29)26(17-25(24)32(2)28(31)33)37-21-12-8-11-20(15-21)36-18-19-9-4-3-5-10-19/h3-17,30H,18H2,1-2H3. The van der Waals surface area contributed by atoms with Crippen LogP contribution < -0.4 is 19.9 Å². The van der Waals surface area contributed by atoms with Crippen molar-refractivity contribution in [2.75, 3.05) is 4.72 Å². The molecule has 4 aromatic carbocycles. The fraction of sp³-hybridized carbons (Fsp3) is 0.107. The minimum absolute atomic E-state index is 0.0734. The van der Waals surface area contributed by atoms with Gasteiger partial charge in [0.2, 0.25) is 0 Å².